The molecule has 106 valence electrons. The van der Waals surface area contributed by atoms with Crippen LogP contribution in [0.1, 0.15) is 46.5 Å². The van der Waals surface area contributed by atoms with E-state index in [-0.39, 0.29) is 17.5 Å². The van der Waals surface area contributed by atoms with Gasteiger partial charge in [-0.2, -0.15) is 0 Å². The quantitative estimate of drug-likeness (QED) is 0.628. The molecular weight excluding hydrogens is 248 g/mol. The predicted octanol–water partition coefficient (Wildman–Crippen LogP) is 1.70. The van der Waals surface area contributed by atoms with Crippen molar-refractivity contribution in [2.45, 2.75) is 46.5 Å². The first-order valence-corrected chi connectivity index (χ1v) is 7.11. The number of aliphatic hydroxyl groups is 1. The number of nitrogens with zero attached hydrogens (tertiary/aromatic N) is 1. The van der Waals surface area contributed by atoms with Crippen molar-refractivity contribution in [2.24, 2.45) is 11.1 Å². The summed E-state index contributed by atoms with van der Waals surface area (Å²) < 4.78 is 0. The lowest BCUT2D eigenvalue weighted by Crippen LogP contribution is -2.51. The number of hydrogen-bond donors (Lipinski definition) is 2. The van der Waals surface area contributed by atoms with Gasteiger partial charge in [0.2, 0.25) is 5.91 Å². The van der Waals surface area contributed by atoms with Gasteiger partial charge in [-0.15, -0.1) is 0 Å². The number of thiocarbonyl (C=S) groups is 1. The third-order valence-corrected chi connectivity index (χ3v) is 3.66. The normalized spacial score (nSPS) is 11.3. The summed E-state index contributed by atoms with van der Waals surface area (Å²) in [5, 5.41) is 9.02. The van der Waals surface area contributed by atoms with E-state index >= 15 is 0 Å². The molecule has 0 atom stereocenters. The highest BCUT2D eigenvalue weighted by atomic mass is 32.1. The molecule has 3 N–H and O–H groups in total. The van der Waals surface area contributed by atoms with Crippen LogP contribution in [-0.4, -0.2) is 40.6 Å². The number of amides is 1. The Kier molecular flexibility index (Phi) is 8.11. The monoisotopic (exact) mass is 274 g/mol. The number of rotatable bonds is 9. The van der Waals surface area contributed by atoms with Crippen LogP contribution in [0, 0.1) is 5.41 Å². The highest BCUT2D eigenvalue weighted by Gasteiger charge is 2.41. The Morgan fingerprint density at radius 2 is 1.78 bits per heavy atom. The molecule has 0 aromatic carbocycles. The minimum atomic E-state index is -0.732. The van der Waals surface area contributed by atoms with Gasteiger partial charge in [-0.1, -0.05) is 38.9 Å². The van der Waals surface area contributed by atoms with Gasteiger partial charge in [-0.25, -0.2) is 0 Å². The van der Waals surface area contributed by atoms with Gasteiger partial charge in [0.05, 0.1) is 17.0 Å². The molecule has 0 heterocycles. The van der Waals surface area contributed by atoms with Crippen molar-refractivity contribution in [3.8, 4) is 0 Å². The molecule has 0 saturated carbocycles. The van der Waals surface area contributed by atoms with Crippen molar-refractivity contribution in [3.05, 3.63) is 0 Å². The molecule has 0 aliphatic heterocycles. The fourth-order valence-corrected chi connectivity index (χ4v) is 2.66. The van der Waals surface area contributed by atoms with Gasteiger partial charge in [-0.3, -0.25) is 4.79 Å². The number of hydrogen-bond acceptors (Lipinski definition) is 3. The standard InChI is InChI=1S/C13H26N2O2S/c1-4-7-13(8-5-2,11(14)18)12(17)15(6-3)9-10-16/h16H,4-10H2,1-3H3,(H2,14,18). The summed E-state index contributed by atoms with van der Waals surface area (Å²) in [5.41, 5.74) is 5.12. The number of carbonyl (C=O) groups excluding carboxylic acids is 1. The lowest BCUT2D eigenvalue weighted by Gasteiger charge is -2.36. The minimum absolute atomic E-state index is 0.0322. The van der Waals surface area contributed by atoms with E-state index in [0.29, 0.717) is 25.9 Å². The first kappa shape index (κ1) is 17.3. The van der Waals surface area contributed by atoms with Crippen LogP contribution in [0.3, 0.4) is 0 Å². The van der Waals surface area contributed by atoms with E-state index in [1.807, 2.05) is 20.8 Å². The Morgan fingerprint density at radius 3 is 2.06 bits per heavy atom. The summed E-state index contributed by atoms with van der Waals surface area (Å²) >= 11 is 5.16. The summed E-state index contributed by atoms with van der Waals surface area (Å²) in [6, 6.07) is 0. The number of aliphatic hydroxyl groups excluding tert-OH is 1. The van der Waals surface area contributed by atoms with Crippen LogP contribution in [0.4, 0.5) is 0 Å². The van der Waals surface area contributed by atoms with Crippen molar-refractivity contribution < 1.29 is 9.90 Å². The van der Waals surface area contributed by atoms with Crippen molar-refractivity contribution in [1.29, 1.82) is 0 Å². The van der Waals surface area contributed by atoms with Crippen LogP contribution < -0.4 is 5.73 Å². The first-order chi connectivity index (χ1) is 8.49. The van der Waals surface area contributed by atoms with Crippen molar-refractivity contribution in [3.63, 3.8) is 0 Å². The molecule has 5 heteroatoms. The Bertz CT molecular complexity index is 276. The average Bonchev–Trinajstić information content (AvgIpc) is 2.34. The fraction of sp³-hybridized carbons (Fsp3) is 0.846. The van der Waals surface area contributed by atoms with Gasteiger partial charge in [0.15, 0.2) is 0 Å². The average molecular weight is 274 g/mol. The van der Waals surface area contributed by atoms with Crippen LogP contribution in [0.2, 0.25) is 0 Å². The van der Waals surface area contributed by atoms with Crippen LogP contribution in [0.5, 0.6) is 0 Å². The van der Waals surface area contributed by atoms with Crippen LogP contribution in [-0.2, 0) is 4.79 Å². The van der Waals surface area contributed by atoms with Crippen LogP contribution in [0.25, 0.3) is 0 Å². The molecule has 0 saturated heterocycles. The summed E-state index contributed by atoms with van der Waals surface area (Å²) in [7, 11) is 0. The topological polar surface area (TPSA) is 66.6 Å². The summed E-state index contributed by atoms with van der Waals surface area (Å²) in [6.07, 6.45) is 3.08. The van der Waals surface area contributed by atoms with E-state index in [0.717, 1.165) is 12.8 Å². The zero-order chi connectivity index (χ0) is 14.2. The second-order valence-corrected chi connectivity index (χ2v) is 4.99. The Balaban J connectivity index is 5.25. The predicted molar refractivity (Wildman–Crippen MR) is 78.4 cm³/mol. The minimum Gasteiger partial charge on any atom is -0.395 e. The zero-order valence-corrected chi connectivity index (χ0v) is 12.6. The van der Waals surface area contributed by atoms with Crippen LogP contribution >= 0.6 is 12.2 Å². The molecule has 1 amide bonds. The van der Waals surface area contributed by atoms with Gasteiger partial charge >= 0.3 is 0 Å². The summed E-state index contributed by atoms with van der Waals surface area (Å²) in [4.78, 5) is 14.6. The van der Waals surface area contributed by atoms with Gasteiger partial charge in [0.1, 0.15) is 0 Å². The fourth-order valence-electron chi connectivity index (χ4n) is 2.37. The van der Waals surface area contributed by atoms with Crippen molar-refractivity contribution in [2.75, 3.05) is 19.7 Å². The van der Waals surface area contributed by atoms with Gasteiger partial charge in [0, 0.05) is 13.1 Å². The number of carbonyl (C=O) groups is 1. The zero-order valence-electron chi connectivity index (χ0n) is 11.7. The molecule has 0 bridgehead atoms. The molecule has 18 heavy (non-hydrogen) atoms. The molecule has 0 rings (SSSR count). The second kappa shape index (κ2) is 8.43. The lowest BCUT2D eigenvalue weighted by atomic mass is 9.77. The van der Waals surface area contributed by atoms with Crippen LogP contribution in [0.15, 0.2) is 0 Å². The largest absolute Gasteiger partial charge is 0.395 e. The van der Waals surface area contributed by atoms with Gasteiger partial charge in [-0.05, 0) is 19.8 Å². The molecule has 0 fully saturated rings. The highest BCUT2D eigenvalue weighted by Crippen LogP contribution is 2.33. The Hall–Kier alpha value is -0.680. The van der Waals surface area contributed by atoms with Crippen molar-refractivity contribution >= 4 is 23.1 Å². The lowest BCUT2D eigenvalue weighted by molar-refractivity contribution is -0.139. The van der Waals surface area contributed by atoms with E-state index in [2.05, 4.69) is 0 Å². The summed E-state index contributed by atoms with van der Waals surface area (Å²) in [6.45, 7) is 6.82. The molecule has 4 nitrogen and oxygen atoms in total. The SMILES string of the molecule is CCCC(CCC)(C(=O)N(CC)CCO)C(N)=S. The summed E-state index contributed by atoms with van der Waals surface area (Å²) in [5.74, 6) is -0.0322. The molecule has 0 aliphatic carbocycles. The van der Waals surface area contributed by atoms with E-state index in [9.17, 15) is 4.79 Å². The maximum atomic E-state index is 12.7. The smallest absolute Gasteiger partial charge is 0.235 e. The van der Waals surface area contributed by atoms with E-state index in [4.69, 9.17) is 23.1 Å². The number of likely N-dealkylation sites (N-methyl/N-ethyl adjacent to an activating group) is 1. The maximum absolute atomic E-state index is 12.7. The van der Waals surface area contributed by atoms with Gasteiger partial charge < -0.3 is 15.7 Å². The second-order valence-electron chi connectivity index (χ2n) is 4.55. The third-order valence-electron chi connectivity index (χ3n) is 3.27. The van der Waals surface area contributed by atoms with Crippen molar-refractivity contribution in [1.82, 2.24) is 4.90 Å². The first-order valence-electron chi connectivity index (χ1n) is 6.70. The van der Waals surface area contributed by atoms with E-state index in [1.54, 1.807) is 4.90 Å². The molecule has 0 aromatic rings. The molecule has 0 radical (unpaired) electrons. The highest BCUT2D eigenvalue weighted by molar-refractivity contribution is 7.80. The van der Waals surface area contributed by atoms with Gasteiger partial charge in [0.25, 0.3) is 0 Å². The Morgan fingerprint density at radius 1 is 1.28 bits per heavy atom. The molecular formula is C13H26N2O2S. The molecule has 0 aromatic heterocycles. The Labute approximate surface area is 116 Å². The number of nitrogens with two attached hydrogens (primary N) is 1. The van der Waals surface area contributed by atoms with E-state index in [1.165, 1.54) is 0 Å². The van der Waals surface area contributed by atoms with E-state index < -0.39 is 5.41 Å². The molecule has 0 aliphatic rings. The molecule has 0 spiro atoms. The third kappa shape index (κ3) is 3.92. The molecule has 0 unspecified atom stereocenters. The maximum Gasteiger partial charge on any atom is 0.235 e.